The second kappa shape index (κ2) is 4.00. The van der Waals surface area contributed by atoms with Crippen LogP contribution in [-0.4, -0.2) is 54.5 Å². The molecule has 0 aromatic rings. The van der Waals surface area contributed by atoms with Crippen molar-refractivity contribution >= 4 is 5.96 Å². The van der Waals surface area contributed by atoms with Crippen molar-refractivity contribution in [2.45, 2.75) is 31.7 Å². The Bertz CT molecular complexity index is 263. The monoisotopic (exact) mass is 210 g/mol. The van der Waals surface area contributed by atoms with Gasteiger partial charge in [0.05, 0.1) is 12.1 Å². The van der Waals surface area contributed by atoms with E-state index < -0.39 is 0 Å². The molecular weight excluding hydrogens is 188 g/mol. The summed E-state index contributed by atoms with van der Waals surface area (Å²) in [6.45, 7) is 6.46. The summed E-state index contributed by atoms with van der Waals surface area (Å²) in [5.41, 5.74) is 6.19. The van der Waals surface area contributed by atoms with E-state index in [4.69, 9.17) is 5.73 Å². The molecule has 1 fully saturated rings. The number of piperidine rings is 1. The third-order valence-corrected chi connectivity index (χ3v) is 3.58. The van der Waals surface area contributed by atoms with E-state index in [1.165, 1.54) is 19.4 Å². The molecule has 0 bridgehead atoms. The van der Waals surface area contributed by atoms with Crippen LogP contribution in [0.25, 0.3) is 0 Å². The Morgan fingerprint density at radius 3 is 3.00 bits per heavy atom. The fourth-order valence-electron chi connectivity index (χ4n) is 2.91. The maximum atomic E-state index is 5.97. The summed E-state index contributed by atoms with van der Waals surface area (Å²) in [4.78, 5) is 9.18. The van der Waals surface area contributed by atoms with E-state index in [2.05, 4.69) is 28.8 Å². The average molecular weight is 210 g/mol. The van der Waals surface area contributed by atoms with Crippen LogP contribution in [0, 0.1) is 0 Å². The van der Waals surface area contributed by atoms with Gasteiger partial charge in [-0.2, -0.15) is 0 Å². The Morgan fingerprint density at radius 1 is 1.53 bits per heavy atom. The van der Waals surface area contributed by atoms with E-state index in [1.54, 1.807) is 0 Å². The summed E-state index contributed by atoms with van der Waals surface area (Å²) in [5.74, 6) is 0.757. The molecule has 86 valence electrons. The highest BCUT2D eigenvalue weighted by Gasteiger charge is 2.43. The van der Waals surface area contributed by atoms with Crippen LogP contribution in [-0.2, 0) is 0 Å². The number of hydrogen-bond donors (Lipinski definition) is 1. The lowest BCUT2D eigenvalue weighted by molar-refractivity contribution is 0.0882. The minimum Gasteiger partial charge on any atom is -0.370 e. The summed E-state index contributed by atoms with van der Waals surface area (Å²) in [6.07, 6.45) is 3.64. The quantitative estimate of drug-likeness (QED) is 0.721. The van der Waals surface area contributed by atoms with Gasteiger partial charge in [-0.05, 0) is 32.9 Å². The largest absolute Gasteiger partial charge is 0.370 e. The number of hydrogen-bond acceptors (Lipinski definition) is 4. The molecule has 0 aliphatic carbocycles. The van der Waals surface area contributed by atoms with E-state index in [9.17, 15) is 0 Å². The highest BCUT2D eigenvalue weighted by molar-refractivity contribution is 5.81. The van der Waals surface area contributed by atoms with Crippen LogP contribution in [0.1, 0.15) is 26.2 Å². The molecule has 2 N–H and O–H groups in total. The van der Waals surface area contributed by atoms with E-state index in [1.807, 2.05) is 0 Å². The Morgan fingerprint density at radius 2 is 2.33 bits per heavy atom. The van der Waals surface area contributed by atoms with Crippen LogP contribution in [0.15, 0.2) is 4.99 Å². The second-order valence-electron chi connectivity index (χ2n) is 4.89. The molecule has 0 amide bonds. The van der Waals surface area contributed by atoms with Crippen molar-refractivity contribution in [1.82, 2.24) is 9.80 Å². The molecule has 2 rings (SSSR count). The highest BCUT2D eigenvalue weighted by Crippen LogP contribution is 2.31. The summed E-state index contributed by atoms with van der Waals surface area (Å²) >= 11 is 0. The summed E-state index contributed by atoms with van der Waals surface area (Å²) < 4.78 is 0. The fourth-order valence-corrected chi connectivity index (χ4v) is 2.91. The maximum Gasteiger partial charge on any atom is 0.191 e. The number of rotatable bonds is 2. The first kappa shape index (κ1) is 10.7. The lowest BCUT2D eigenvalue weighted by Crippen LogP contribution is -2.59. The third-order valence-electron chi connectivity index (χ3n) is 3.58. The van der Waals surface area contributed by atoms with Gasteiger partial charge in [0.15, 0.2) is 5.96 Å². The molecule has 2 aliphatic rings. The van der Waals surface area contributed by atoms with Crippen LogP contribution in [0.5, 0.6) is 0 Å². The number of likely N-dealkylation sites (N-methyl/N-ethyl adjacent to an activating group) is 1. The van der Waals surface area contributed by atoms with Crippen molar-refractivity contribution in [2.75, 3.05) is 33.2 Å². The molecule has 0 aromatic heterocycles. The van der Waals surface area contributed by atoms with Crippen LogP contribution in [0.3, 0.4) is 0 Å². The topological polar surface area (TPSA) is 44.9 Å². The van der Waals surface area contributed by atoms with Gasteiger partial charge in [0.1, 0.15) is 0 Å². The molecule has 0 aromatic carbocycles. The number of nitrogens with zero attached hydrogens (tertiary/aromatic N) is 3. The van der Waals surface area contributed by atoms with Crippen molar-refractivity contribution < 1.29 is 0 Å². The van der Waals surface area contributed by atoms with Gasteiger partial charge in [-0.15, -0.1) is 0 Å². The molecule has 15 heavy (non-hydrogen) atoms. The Kier molecular flexibility index (Phi) is 2.87. The van der Waals surface area contributed by atoms with E-state index >= 15 is 0 Å². The maximum absolute atomic E-state index is 5.97. The lowest BCUT2D eigenvalue weighted by Gasteiger charge is -2.45. The van der Waals surface area contributed by atoms with Crippen LogP contribution in [0.2, 0.25) is 0 Å². The smallest absolute Gasteiger partial charge is 0.191 e. The van der Waals surface area contributed by atoms with Gasteiger partial charge in [0, 0.05) is 13.1 Å². The first-order chi connectivity index (χ1) is 7.18. The molecule has 1 saturated heterocycles. The highest BCUT2D eigenvalue weighted by atomic mass is 15.4. The minimum atomic E-state index is 0.215. The molecular formula is C11H22N4. The molecule has 2 aliphatic heterocycles. The molecule has 1 unspecified atom stereocenters. The third kappa shape index (κ3) is 1.83. The van der Waals surface area contributed by atoms with Gasteiger partial charge in [0.25, 0.3) is 0 Å². The molecule has 1 spiro atoms. The van der Waals surface area contributed by atoms with Crippen molar-refractivity contribution in [3.63, 3.8) is 0 Å². The average Bonchev–Trinajstić information content (AvgIpc) is 2.48. The van der Waals surface area contributed by atoms with Gasteiger partial charge in [0.2, 0.25) is 0 Å². The van der Waals surface area contributed by atoms with Crippen molar-refractivity contribution in [3.8, 4) is 0 Å². The predicted molar refractivity (Wildman–Crippen MR) is 62.9 cm³/mol. The number of aliphatic imine (C=N–C) groups is 1. The molecule has 0 radical (unpaired) electrons. The fraction of sp³-hybridized carbons (Fsp3) is 0.909. The number of nitrogens with two attached hydrogens (primary N) is 1. The zero-order valence-electron chi connectivity index (χ0n) is 9.87. The SMILES string of the molecule is CCCN1C(N)=NCC12CCCN(C)C2. The Hall–Kier alpha value is -0.770. The molecule has 2 heterocycles. The zero-order valence-corrected chi connectivity index (χ0v) is 9.87. The van der Waals surface area contributed by atoms with E-state index in [0.29, 0.717) is 0 Å². The van der Waals surface area contributed by atoms with Crippen LogP contribution in [0.4, 0.5) is 0 Å². The first-order valence-corrected chi connectivity index (χ1v) is 5.94. The summed E-state index contributed by atoms with van der Waals surface area (Å²) in [6, 6.07) is 0. The number of likely N-dealkylation sites (tertiary alicyclic amines) is 1. The van der Waals surface area contributed by atoms with Gasteiger partial charge >= 0.3 is 0 Å². The summed E-state index contributed by atoms with van der Waals surface area (Å²) in [5, 5.41) is 0. The minimum absolute atomic E-state index is 0.215. The van der Waals surface area contributed by atoms with Gasteiger partial charge in [-0.25, -0.2) is 0 Å². The molecule has 4 heteroatoms. The van der Waals surface area contributed by atoms with Crippen molar-refractivity contribution in [3.05, 3.63) is 0 Å². The van der Waals surface area contributed by atoms with Crippen molar-refractivity contribution in [2.24, 2.45) is 10.7 Å². The van der Waals surface area contributed by atoms with Gasteiger partial charge in [-0.3, -0.25) is 4.99 Å². The van der Waals surface area contributed by atoms with Gasteiger partial charge < -0.3 is 15.5 Å². The second-order valence-corrected chi connectivity index (χ2v) is 4.89. The normalized spacial score (nSPS) is 32.4. The predicted octanol–water partition coefficient (Wildman–Crippen LogP) is 0.491. The Balaban J connectivity index is 2.13. The summed E-state index contributed by atoms with van der Waals surface area (Å²) in [7, 11) is 2.19. The zero-order chi connectivity index (χ0) is 10.9. The lowest BCUT2D eigenvalue weighted by atomic mass is 9.88. The molecule has 1 atom stereocenters. The van der Waals surface area contributed by atoms with E-state index in [0.717, 1.165) is 32.0 Å². The first-order valence-electron chi connectivity index (χ1n) is 5.94. The molecule has 0 saturated carbocycles. The van der Waals surface area contributed by atoms with Crippen molar-refractivity contribution in [1.29, 1.82) is 0 Å². The number of guanidine groups is 1. The Labute approximate surface area is 92.1 Å². The van der Waals surface area contributed by atoms with Gasteiger partial charge in [-0.1, -0.05) is 6.92 Å². The van der Waals surface area contributed by atoms with Crippen LogP contribution < -0.4 is 5.73 Å². The van der Waals surface area contributed by atoms with E-state index in [-0.39, 0.29) is 5.54 Å². The standard InChI is InChI=1S/C11H22N4/c1-3-6-15-10(12)13-8-11(15)5-4-7-14(2)9-11/h3-9H2,1-2H3,(H2,12,13). The van der Waals surface area contributed by atoms with Crippen LogP contribution >= 0.6 is 0 Å². The molecule has 4 nitrogen and oxygen atoms in total.